The molecule has 0 unspecified atom stereocenters. The molecule has 22 heavy (non-hydrogen) atoms. The van der Waals surface area contributed by atoms with Gasteiger partial charge in [-0.25, -0.2) is 0 Å². The number of carbonyl (C=O) groups excluding carboxylic acids is 1. The number of hydrogen-bond acceptors (Lipinski definition) is 5. The molecule has 1 aliphatic heterocycles. The Balaban J connectivity index is 1.86. The van der Waals surface area contributed by atoms with Crippen LogP contribution in [-0.2, 0) is 4.79 Å². The summed E-state index contributed by atoms with van der Waals surface area (Å²) in [5.41, 5.74) is 1.66. The highest BCUT2D eigenvalue weighted by Gasteiger charge is 2.16. The van der Waals surface area contributed by atoms with E-state index >= 15 is 0 Å². The molecule has 0 saturated heterocycles. The molecule has 2 aromatic rings. The quantitative estimate of drug-likeness (QED) is 0.668. The average molecular weight is 320 g/mol. The Bertz CT molecular complexity index is 779. The Kier molecular flexibility index (Phi) is 3.56. The van der Waals surface area contributed by atoms with Gasteiger partial charge < -0.3 is 15.4 Å². The summed E-state index contributed by atoms with van der Waals surface area (Å²) in [6.45, 7) is -0.00600. The molecule has 0 aliphatic carbocycles. The lowest BCUT2D eigenvalue weighted by molar-refractivity contribution is -0.384. The number of nitrogens with one attached hydrogen (secondary N) is 2. The number of fused-ring (bicyclic) bond motifs is 1. The third-order valence-corrected chi connectivity index (χ3v) is 3.37. The molecule has 2 N–H and O–H groups in total. The number of non-ortho nitro benzene ring substituents is 1. The summed E-state index contributed by atoms with van der Waals surface area (Å²) in [6.07, 6.45) is 0. The zero-order valence-corrected chi connectivity index (χ0v) is 11.9. The zero-order chi connectivity index (χ0) is 15.7. The van der Waals surface area contributed by atoms with Crippen LogP contribution in [0.15, 0.2) is 36.4 Å². The van der Waals surface area contributed by atoms with Gasteiger partial charge in [0.25, 0.3) is 11.6 Å². The largest absolute Gasteiger partial charge is 0.482 e. The van der Waals surface area contributed by atoms with Crippen LogP contribution in [0.2, 0.25) is 5.02 Å². The van der Waals surface area contributed by atoms with E-state index in [1.165, 1.54) is 18.2 Å². The lowest BCUT2D eigenvalue weighted by Gasteiger charge is -2.19. The van der Waals surface area contributed by atoms with E-state index in [1.54, 1.807) is 18.2 Å². The van der Waals surface area contributed by atoms with E-state index in [1.807, 2.05) is 0 Å². The molecule has 0 aromatic heterocycles. The summed E-state index contributed by atoms with van der Waals surface area (Å²) < 4.78 is 5.27. The molecule has 7 nitrogen and oxygen atoms in total. The normalized spacial score (nSPS) is 12.9. The summed E-state index contributed by atoms with van der Waals surface area (Å²) in [4.78, 5) is 21.5. The number of halogens is 1. The molecule has 1 amide bonds. The molecule has 0 fully saturated rings. The first-order valence-corrected chi connectivity index (χ1v) is 6.68. The summed E-state index contributed by atoms with van der Waals surface area (Å²) in [5, 5.41) is 16.7. The number of nitrogens with zero attached hydrogens (tertiary/aromatic N) is 1. The molecular formula is C14H10ClN3O4. The molecule has 0 atom stereocenters. The van der Waals surface area contributed by atoms with Crippen molar-refractivity contribution in [2.45, 2.75) is 0 Å². The Morgan fingerprint density at radius 2 is 2.09 bits per heavy atom. The molecule has 0 saturated carbocycles. The number of carbonyl (C=O) groups is 1. The van der Waals surface area contributed by atoms with E-state index in [4.69, 9.17) is 16.3 Å². The summed E-state index contributed by atoms with van der Waals surface area (Å²) in [7, 11) is 0. The van der Waals surface area contributed by atoms with Crippen molar-refractivity contribution in [3.05, 3.63) is 51.5 Å². The van der Waals surface area contributed by atoms with Crippen LogP contribution >= 0.6 is 11.6 Å². The van der Waals surface area contributed by atoms with Crippen LogP contribution in [0.5, 0.6) is 5.75 Å². The third-order valence-electron chi connectivity index (χ3n) is 3.05. The Labute approximate surface area is 130 Å². The maximum absolute atomic E-state index is 11.3. The van der Waals surface area contributed by atoms with Gasteiger partial charge in [-0.1, -0.05) is 11.6 Å². The number of amides is 1. The number of anilines is 3. The van der Waals surface area contributed by atoms with Gasteiger partial charge in [0.15, 0.2) is 6.61 Å². The van der Waals surface area contributed by atoms with Gasteiger partial charge in [0, 0.05) is 17.8 Å². The predicted molar refractivity (Wildman–Crippen MR) is 82.0 cm³/mol. The maximum atomic E-state index is 11.3. The predicted octanol–water partition coefficient (Wildman–Crippen LogP) is 3.32. The molecule has 0 radical (unpaired) electrons. The molecular weight excluding hydrogens is 310 g/mol. The van der Waals surface area contributed by atoms with Crippen LogP contribution in [0.25, 0.3) is 0 Å². The summed E-state index contributed by atoms with van der Waals surface area (Å²) in [6, 6.07) is 9.33. The SMILES string of the molecule is O=C1COc2ccc(Nc3ccc([N+](=O)[O-])cc3Cl)cc2N1. The van der Waals surface area contributed by atoms with Crippen molar-refractivity contribution in [2.75, 3.05) is 17.2 Å². The van der Waals surface area contributed by atoms with Crippen LogP contribution in [0, 0.1) is 10.1 Å². The molecule has 8 heteroatoms. The Morgan fingerprint density at radius 1 is 1.27 bits per heavy atom. The molecule has 1 heterocycles. The van der Waals surface area contributed by atoms with Crippen molar-refractivity contribution in [3.8, 4) is 5.75 Å². The van der Waals surface area contributed by atoms with Crippen molar-refractivity contribution < 1.29 is 14.5 Å². The fourth-order valence-electron chi connectivity index (χ4n) is 2.04. The summed E-state index contributed by atoms with van der Waals surface area (Å²) in [5.74, 6) is 0.359. The Hall–Kier alpha value is -2.80. The second-order valence-electron chi connectivity index (χ2n) is 4.59. The molecule has 1 aliphatic rings. The van der Waals surface area contributed by atoms with Gasteiger partial charge in [-0.05, 0) is 24.3 Å². The number of nitro groups is 1. The van der Waals surface area contributed by atoms with Gasteiger partial charge in [-0.3, -0.25) is 14.9 Å². The van der Waals surface area contributed by atoms with Crippen LogP contribution in [0.3, 0.4) is 0 Å². The third kappa shape index (κ3) is 2.79. The highest BCUT2D eigenvalue weighted by Crippen LogP contribution is 2.34. The second kappa shape index (κ2) is 5.53. The molecule has 0 spiro atoms. The van der Waals surface area contributed by atoms with Crippen molar-refractivity contribution in [1.29, 1.82) is 0 Å². The Morgan fingerprint density at radius 3 is 2.82 bits per heavy atom. The van der Waals surface area contributed by atoms with Crippen molar-refractivity contribution in [1.82, 2.24) is 0 Å². The topological polar surface area (TPSA) is 93.5 Å². The number of benzene rings is 2. The van der Waals surface area contributed by atoms with Crippen molar-refractivity contribution in [3.63, 3.8) is 0 Å². The van der Waals surface area contributed by atoms with Gasteiger partial charge in [-0.15, -0.1) is 0 Å². The first-order chi connectivity index (χ1) is 10.5. The number of ether oxygens (including phenoxy) is 1. The molecule has 3 rings (SSSR count). The highest BCUT2D eigenvalue weighted by molar-refractivity contribution is 6.33. The van der Waals surface area contributed by atoms with Gasteiger partial charge in [0.05, 0.1) is 21.3 Å². The lowest BCUT2D eigenvalue weighted by atomic mass is 10.2. The van der Waals surface area contributed by atoms with E-state index < -0.39 is 4.92 Å². The highest BCUT2D eigenvalue weighted by atomic mass is 35.5. The van der Waals surface area contributed by atoms with Gasteiger partial charge in [0.2, 0.25) is 0 Å². The number of rotatable bonds is 3. The fourth-order valence-corrected chi connectivity index (χ4v) is 2.26. The minimum Gasteiger partial charge on any atom is -0.482 e. The van der Waals surface area contributed by atoms with Gasteiger partial charge >= 0.3 is 0 Å². The van der Waals surface area contributed by atoms with Crippen LogP contribution in [-0.4, -0.2) is 17.4 Å². The standard InChI is InChI=1S/C14H10ClN3O4/c15-10-6-9(18(20)21)2-3-11(10)16-8-1-4-13-12(5-8)17-14(19)7-22-13/h1-6,16H,7H2,(H,17,19). The minimum absolute atomic E-state index is 0.00600. The minimum atomic E-state index is -0.512. The van der Waals surface area contributed by atoms with Crippen molar-refractivity contribution in [2.24, 2.45) is 0 Å². The van der Waals surface area contributed by atoms with E-state index in [0.29, 0.717) is 22.8 Å². The second-order valence-corrected chi connectivity index (χ2v) is 5.00. The molecule has 112 valence electrons. The van der Waals surface area contributed by atoms with Crippen molar-refractivity contribution >= 4 is 40.3 Å². The van der Waals surface area contributed by atoms with E-state index in [9.17, 15) is 14.9 Å². The molecule has 0 bridgehead atoms. The molecule has 2 aromatic carbocycles. The number of nitro benzene ring substituents is 1. The fraction of sp³-hybridized carbons (Fsp3) is 0.0714. The number of hydrogen-bond donors (Lipinski definition) is 2. The zero-order valence-electron chi connectivity index (χ0n) is 11.1. The van der Waals surface area contributed by atoms with Gasteiger partial charge in [-0.2, -0.15) is 0 Å². The van der Waals surface area contributed by atoms with Crippen LogP contribution in [0.1, 0.15) is 0 Å². The smallest absolute Gasteiger partial charge is 0.271 e. The first kappa shape index (κ1) is 14.2. The van der Waals surface area contributed by atoms with E-state index in [2.05, 4.69) is 10.6 Å². The lowest BCUT2D eigenvalue weighted by Crippen LogP contribution is -2.25. The van der Waals surface area contributed by atoms with Crippen LogP contribution in [0.4, 0.5) is 22.7 Å². The van der Waals surface area contributed by atoms with E-state index in [0.717, 1.165) is 0 Å². The van der Waals surface area contributed by atoms with Gasteiger partial charge in [0.1, 0.15) is 5.75 Å². The maximum Gasteiger partial charge on any atom is 0.271 e. The first-order valence-electron chi connectivity index (χ1n) is 6.30. The average Bonchev–Trinajstić information content (AvgIpc) is 2.48. The summed E-state index contributed by atoms with van der Waals surface area (Å²) >= 11 is 6.03. The van der Waals surface area contributed by atoms with Crippen LogP contribution < -0.4 is 15.4 Å². The van der Waals surface area contributed by atoms with E-state index in [-0.39, 0.29) is 23.2 Å². The monoisotopic (exact) mass is 319 g/mol.